The highest BCUT2D eigenvalue weighted by Gasteiger charge is 2.16. The number of hydrogen-bond donors (Lipinski definition) is 1. The number of carbonyl (C=O) groups is 1. The number of benzene rings is 2. The van der Waals surface area contributed by atoms with Crippen LogP contribution in [0.15, 0.2) is 30.3 Å². The zero-order chi connectivity index (χ0) is 17.7. The molecule has 0 fully saturated rings. The first kappa shape index (κ1) is 18.1. The maximum absolute atomic E-state index is 13.3. The van der Waals surface area contributed by atoms with Gasteiger partial charge in [-0.3, -0.25) is 4.79 Å². The molecule has 0 heterocycles. The van der Waals surface area contributed by atoms with Crippen molar-refractivity contribution < 1.29 is 18.7 Å². The Kier molecular flexibility index (Phi) is 6.04. The molecule has 0 spiro atoms. The fourth-order valence-electron chi connectivity index (χ4n) is 2.17. The van der Waals surface area contributed by atoms with Crippen molar-refractivity contribution in [2.45, 2.75) is 20.8 Å². The molecule has 6 heteroatoms. The van der Waals surface area contributed by atoms with E-state index in [1.807, 2.05) is 13.8 Å². The first-order valence-electron chi connectivity index (χ1n) is 7.62. The lowest BCUT2D eigenvalue weighted by Gasteiger charge is -2.14. The van der Waals surface area contributed by atoms with Gasteiger partial charge in [0.25, 0.3) is 5.91 Å². The van der Waals surface area contributed by atoms with Crippen molar-refractivity contribution >= 4 is 23.2 Å². The minimum absolute atomic E-state index is 0.295. The minimum Gasteiger partial charge on any atom is -0.490 e. The number of rotatable bonds is 6. The van der Waals surface area contributed by atoms with E-state index in [2.05, 4.69) is 5.32 Å². The average molecular weight is 352 g/mol. The molecule has 0 bridgehead atoms. The van der Waals surface area contributed by atoms with Crippen molar-refractivity contribution in [1.29, 1.82) is 0 Å². The van der Waals surface area contributed by atoms with Crippen LogP contribution in [0.2, 0.25) is 5.02 Å². The second-order valence-electron chi connectivity index (χ2n) is 5.07. The van der Waals surface area contributed by atoms with Crippen LogP contribution < -0.4 is 14.8 Å². The molecule has 0 aliphatic carbocycles. The molecule has 0 aromatic heterocycles. The largest absolute Gasteiger partial charge is 0.490 e. The van der Waals surface area contributed by atoms with Crippen molar-refractivity contribution in [3.8, 4) is 11.5 Å². The van der Waals surface area contributed by atoms with Crippen molar-refractivity contribution in [1.82, 2.24) is 0 Å². The number of nitrogens with one attached hydrogen (secondary N) is 1. The first-order valence-corrected chi connectivity index (χ1v) is 8.00. The summed E-state index contributed by atoms with van der Waals surface area (Å²) in [4.78, 5) is 12.4. The number of aryl methyl sites for hydroxylation is 1. The smallest absolute Gasteiger partial charge is 0.255 e. The summed E-state index contributed by atoms with van der Waals surface area (Å²) in [6, 6.07) is 7.46. The zero-order valence-electron chi connectivity index (χ0n) is 13.8. The predicted molar refractivity (Wildman–Crippen MR) is 92.9 cm³/mol. The molecule has 0 aliphatic heterocycles. The highest BCUT2D eigenvalue weighted by molar-refractivity contribution is 6.32. The monoisotopic (exact) mass is 351 g/mol. The van der Waals surface area contributed by atoms with Crippen LogP contribution in [0.25, 0.3) is 0 Å². The minimum atomic E-state index is -0.369. The Balaban J connectivity index is 2.29. The predicted octanol–water partition coefficient (Wildman–Crippen LogP) is 4.84. The Morgan fingerprint density at radius 1 is 1.17 bits per heavy atom. The van der Waals surface area contributed by atoms with Crippen LogP contribution in [-0.4, -0.2) is 19.1 Å². The topological polar surface area (TPSA) is 47.6 Å². The van der Waals surface area contributed by atoms with Gasteiger partial charge in [-0.1, -0.05) is 11.6 Å². The Hall–Kier alpha value is -2.27. The van der Waals surface area contributed by atoms with Crippen LogP contribution >= 0.6 is 11.6 Å². The summed E-state index contributed by atoms with van der Waals surface area (Å²) >= 11 is 6.21. The van der Waals surface area contributed by atoms with Gasteiger partial charge in [-0.2, -0.15) is 0 Å². The van der Waals surface area contributed by atoms with Gasteiger partial charge in [-0.05, 0) is 56.7 Å². The van der Waals surface area contributed by atoms with Crippen LogP contribution in [0.1, 0.15) is 29.8 Å². The Morgan fingerprint density at radius 3 is 2.50 bits per heavy atom. The van der Waals surface area contributed by atoms with Gasteiger partial charge in [-0.25, -0.2) is 4.39 Å². The summed E-state index contributed by atoms with van der Waals surface area (Å²) < 4.78 is 24.3. The van der Waals surface area contributed by atoms with Gasteiger partial charge >= 0.3 is 0 Å². The summed E-state index contributed by atoms with van der Waals surface area (Å²) in [5.74, 6) is 0.130. The zero-order valence-corrected chi connectivity index (χ0v) is 14.5. The summed E-state index contributed by atoms with van der Waals surface area (Å²) in [6.07, 6.45) is 0. The van der Waals surface area contributed by atoms with Crippen molar-refractivity contribution in [2.24, 2.45) is 0 Å². The Morgan fingerprint density at radius 2 is 1.88 bits per heavy atom. The van der Waals surface area contributed by atoms with Gasteiger partial charge in [0.1, 0.15) is 5.82 Å². The standard InChI is InChI=1S/C18H19ClFNO3/c1-4-23-16-10-12(9-14(19)17(16)24-5-2)18(22)21-13-6-7-15(20)11(3)8-13/h6-10H,4-5H2,1-3H3,(H,21,22). The Labute approximate surface area is 145 Å². The molecule has 0 radical (unpaired) electrons. The third kappa shape index (κ3) is 4.17. The van der Waals surface area contributed by atoms with Crippen LogP contribution in [0, 0.1) is 12.7 Å². The van der Waals surface area contributed by atoms with Gasteiger partial charge in [-0.15, -0.1) is 0 Å². The lowest BCUT2D eigenvalue weighted by molar-refractivity contribution is 0.102. The lowest BCUT2D eigenvalue weighted by atomic mass is 10.1. The van der Waals surface area contributed by atoms with E-state index in [4.69, 9.17) is 21.1 Å². The van der Waals surface area contributed by atoms with Crippen LogP contribution in [-0.2, 0) is 0 Å². The van der Waals surface area contributed by atoms with E-state index in [0.29, 0.717) is 46.5 Å². The van der Waals surface area contributed by atoms with Gasteiger partial charge < -0.3 is 14.8 Å². The van der Waals surface area contributed by atoms with E-state index >= 15 is 0 Å². The first-order chi connectivity index (χ1) is 11.5. The van der Waals surface area contributed by atoms with Gasteiger partial charge in [0.15, 0.2) is 11.5 Å². The van der Waals surface area contributed by atoms with E-state index in [1.165, 1.54) is 18.2 Å². The second-order valence-corrected chi connectivity index (χ2v) is 5.48. The van der Waals surface area contributed by atoms with E-state index in [9.17, 15) is 9.18 Å². The molecule has 0 unspecified atom stereocenters. The van der Waals surface area contributed by atoms with Crippen molar-refractivity contribution in [3.63, 3.8) is 0 Å². The van der Waals surface area contributed by atoms with E-state index < -0.39 is 0 Å². The highest BCUT2D eigenvalue weighted by atomic mass is 35.5. The molecule has 0 saturated heterocycles. The molecule has 4 nitrogen and oxygen atoms in total. The molecule has 2 aromatic rings. The number of ether oxygens (including phenoxy) is 2. The fraction of sp³-hybridized carbons (Fsp3) is 0.278. The normalized spacial score (nSPS) is 10.4. The third-order valence-electron chi connectivity index (χ3n) is 3.28. The van der Waals surface area contributed by atoms with Crippen molar-refractivity contribution in [3.05, 3.63) is 52.3 Å². The Bertz CT molecular complexity index is 749. The molecule has 1 amide bonds. The molecule has 0 saturated carbocycles. The van der Waals surface area contributed by atoms with Crippen molar-refractivity contribution in [2.75, 3.05) is 18.5 Å². The molecule has 24 heavy (non-hydrogen) atoms. The number of hydrogen-bond acceptors (Lipinski definition) is 3. The quantitative estimate of drug-likeness (QED) is 0.810. The molecule has 0 atom stereocenters. The maximum atomic E-state index is 13.3. The lowest BCUT2D eigenvalue weighted by Crippen LogP contribution is -2.13. The fourth-order valence-corrected chi connectivity index (χ4v) is 2.44. The van der Waals surface area contributed by atoms with E-state index in [-0.39, 0.29) is 11.7 Å². The third-order valence-corrected chi connectivity index (χ3v) is 3.56. The summed E-state index contributed by atoms with van der Waals surface area (Å²) in [5, 5.41) is 3.01. The SMILES string of the molecule is CCOc1cc(C(=O)Nc2ccc(F)c(C)c2)cc(Cl)c1OCC. The van der Waals surface area contributed by atoms with Gasteiger partial charge in [0.05, 0.1) is 18.2 Å². The number of carbonyl (C=O) groups excluding carboxylic acids is 1. The van der Waals surface area contributed by atoms with Gasteiger partial charge in [0.2, 0.25) is 0 Å². The van der Waals surface area contributed by atoms with Crippen LogP contribution in [0.5, 0.6) is 11.5 Å². The molecule has 128 valence electrons. The second kappa shape index (κ2) is 8.02. The van der Waals surface area contributed by atoms with Crippen LogP contribution in [0.3, 0.4) is 0 Å². The van der Waals surface area contributed by atoms with Gasteiger partial charge in [0, 0.05) is 11.3 Å². The molecule has 2 aromatic carbocycles. The summed E-state index contributed by atoms with van der Waals surface area (Å²) in [6.45, 7) is 6.14. The number of amides is 1. The van der Waals surface area contributed by atoms with E-state index in [1.54, 1.807) is 19.1 Å². The molecule has 0 aliphatic rings. The number of halogens is 2. The van der Waals surface area contributed by atoms with Crippen LogP contribution in [0.4, 0.5) is 10.1 Å². The summed E-state index contributed by atoms with van der Waals surface area (Å²) in [7, 11) is 0. The average Bonchev–Trinajstić information content (AvgIpc) is 2.54. The highest BCUT2D eigenvalue weighted by Crippen LogP contribution is 2.37. The summed E-state index contributed by atoms with van der Waals surface area (Å²) in [5.41, 5.74) is 1.28. The molecule has 2 rings (SSSR count). The number of anilines is 1. The molecule has 1 N–H and O–H groups in total. The van der Waals surface area contributed by atoms with E-state index in [0.717, 1.165) is 0 Å². The maximum Gasteiger partial charge on any atom is 0.255 e. The molecular formula is C18H19ClFNO3. The molecular weight excluding hydrogens is 333 g/mol.